The number of amides is 1. The number of carbonyl (C=O) groups is 1. The van der Waals surface area contributed by atoms with Gasteiger partial charge in [-0.15, -0.1) is 0 Å². The van der Waals surface area contributed by atoms with E-state index in [0.717, 1.165) is 13.1 Å². The molecule has 3 heterocycles. The summed E-state index contributed by atoms with van der Waals surface area (Å²) in [6.07, 6.45) is -3.67. The molecule has 0 saturated heterocycles. The Morgan fingerprint density at radius 2 is 1.91 bits per heavy atom. The number of hydrogen-bond acceptors (Lipinski definition) is 5. The van der Waals surface area contributed by atoms with Crippen molar-refractivity contribution in [1.29, 1.82) is 0 Å². The first-order chi connectivity index (χ1) is 15.5. The van der Waals surface area contributed by atoms with Gasteiger partial charge in [0.1, 0.15) is 28.6 Å². The number of nitrogen functional groups attached to an aromatic ring is 1. The Hall–Kier alpha value is -3.54. The van der Waals surface area contributed by atoms with Crippen LogP contribution in [0.15, 0.2) is 43.0 Å². The maximum atomic E-state index is 14.0. The van der Waals surface area contributed by atoms with Gasteiger partial charge in [0.15, 0.2) is 0 Å². The number of alkyl halides is 5. The summed E-state index contributed by atoms with van der Waals surface area (Å²) < 4.78 is 68.2. The molecule has 0 fully saturated rings. The third-order valence-corrected chi connectivity index (χ3v) is 5.43. The molecule has 0 spiro atoms. The van der Waals surface area contributed by atoms with E-state index in [1.807, 2.05) is 0 Å². The van der Waals surface area contributed by atoms with Crippen LogP contribution in [0.4, 0.5) is 27.8 Å². The molecular formula is C20H14ClF5N6O. The van der Waals surface area contributed by atoms with Crippen LogP contribution in [0.1, 0.15) is 27.7 Å². The molecule has 0 aliphatic carbocycles. The Kier molecular flexibility index (Phi) is 5.56. The van der Waals surface area contributed by atoms with E-state index < -0.39 is 35.1 Å². The van der Waals surface area contributed by atoms with Gasteiger partial charge < -0.3 is 10.6 Å². The highest BCUT2D eigenvalue weighted by Gasteiger charge is 2.35. The van der Waals surface area contributed by atoms with E-state index in [-0.39, 0.29) is 17.1 Å². The minimum atomic E-state index is -4.70. The topological polar surface area (TPSA) is 89.4 Å². The zero-order chi connectivity index (χ0) is 24.1. The van der Waals surface area contributed by atoms with E-state index in [1.165, 1.54) is 24.8 Å². The second-order valence-electron chi connectivity index (χ2n) is 7.13. The molecule has 1 atom stereocenters. The highest BCUT2D eigenvalue weighted by molar-refractivity contribution is 6.31. The molecule has 7 nitrogen and oxygen atoms in total. The Balaban J connectivity index is 1.74. The van der Waals surface area contributed by atoms with Crippen molar-refractivity contribution in [2.75, 3.05) is 12.8 Å². The summed E-state index contributed by atoms with van der Waals surface area (Å²) in [5.74, 6) is -0.712. The van der Waals surface area contributed by atoms with Gasteiger partial charge in [-0.2, -0.15) is 13.2 Å². The lowest BCUT2D eigenvalue weighted by Crippen LogP contribution is -2.36. The molecule has 4 rings (SSSR count). The molecule has 0 saturated carbocycles. The number of hydrogen-bond donors (Lipinski definition) is 1. The number of nitrogens with zero attached hydrogens (tertiary/aromatic N) is 5. The van der Waals surface area contributed by atoms with Crippen LogP contribution in [0.2, 0.25) is 5.02 Å². The molecule has 1 aromatic carbocycles. The van der Waals surface area contributed by atoms with Gasteiger partial charge in [0.2, 0.25) is 0 Å². The van der Waals surface area contributed by atoms with Crippen molar-refractivity contribution >= 4 is 39.9 Å². The predicted octanol–water partition coefficient (Wildman–Crippen LogP) is 4.61. The molecule has 0 unspecified atom stereocenters. The van der Waals surface area contributed by atoms with E-state index in [2.05, 4.69) is 15.0 Å². The quantitative estimate of drug-likeness (QED) is 0.427. The maximum absolute atomic E-state index is 14.0. The average molecular weight is 485 g/mol. The normalized spacial score (nSPS) is 13.1. The fourth-order valence-corrected chi connectivity index (χ4v) is 3.75. The lowest BCUT2D eigenvalue weighted by molar-refractivity contribution is -0.137. The first kappa shape index (κ1) is 22.6. The first-order valence-electron chi connectivity index (χ1n) is 9.28. The molecule has 0 bridgehead atoms. The van der Waals surface area contributed by atoms with Gasteiger partial charge in [-0.25, -0.2) is 23.7 Å². The second kappa shape index (κ2) is 8.10. The molecule has 0 radical (unpaired) electrons. The van der Waals surface area contributed by atoms with E-state index in [4.69, 9.17) is 17.3 Å². The molecule has 172 valence electrons. The van der Waals surface area contributed by atoms with Crippen LogP contribution >= 0.6 is 11.6 Å². The summed E-state index contributed by atoms with van der Waals surface area (Å²) in [5, 5.41) is -0.541. The first-order valence-corrected chi connectivity index (χ1v) is 9.66. The second-order valence-corrected chi connectivity index (χ2v) is 7.54. The van der Waals surface area contributed by atoms with Gasteiger partial charge in [0.25, 0.3) is 12.3 Å². The van der Waals surface area contributed by atoms with Crippen molar-refractivity contribution in [2.45, 2.75) is 18.6 Å². The van der Waals surface area contributed by atoms with Gasteiger partial charge in [-0.3, -0.25) is 9.20 Å². The minimum Gasteiger partial charge on any atom is -0.382 e. The van der Waals surface area contributed by atoms with Crippen molar-refractivity contribution in [2.24, 2.45) is 0 Å². The molecule has 4 aromatic rings. The zero-order valence-corrected chi connectivity index (χ0v) is 17.4. The summed E-state index contributed by atoms with van der Waals surface area (Å²) in [5.41, 5.74) is 5.47. The third kappa shape index (κ3) is 4.01. The predicted molar refractivity (Wildman–Crippen MR) is 110 cm³/mol. The summed E-state index contributed by atoms with van der Waals surface area (Å²) >= 11 is 5.90. The van der Waals surface area contributed by atoms with Crippen LogP contribution in [0.5, 0.6) is 0 Å². The molecule has 33 heavy (non-hydrogen) atoms. The Labute approximate surface area is 187 Å². The number of anilines is 1. The van der Waals surface area contributed by atoms with E-state index in [0.29, 0.717) is 33.6 Å². The van der Waals surface area contributed by atoms with E-state index in [9.17, 15) is 26.7 Å². The van der Waals surface area contributed by atoms with Crippen LogP contribution in [-0.2, 0) is 6.18 Å². The highest BCUT2D eigenvalue weighted by Crippen LogP contribution is 2.37. The fraction of sp³-hybridized carbons (Fsp3) is 0.200. The molecule has 3 aromatic heterocycles. The van der Waals surface area contributed by atoms with Crippen molar-refractivity contribution < 1.29 is 26.7 Å². The fourth-order valence-electron chi connectivity index (χ4n) is 3.46. The van der Waals surface area contributed by atoms with Gasteiger partial charge in [-0.1, -0.05) is 17.7 Å². The van der Waals surface area contributed by atoms with Gasteiger partial charge in [0.05, 0.1) is 29.8 Å². The molecule has 0 aliphatic heterocycles. The number of nitrogens with two attached hydrogens (primary N) is 1. The Bertz CT molecular complexity index is 1370. The lowest BCUT2D eigenvalue weighted by Gasteiger charge is -2.28. The van der Waals surface area contributed by atoms with Crippen molar-refractivity contribution in [3.8, 4) is 0 Å². The van der Waals surface area contributed by atoms with Crippen LogP contribution in [0, 0.1) is 0 Å². The average Bonchev–Trinajstić information content (AvgIpc) is 3.24. The van der Waals surface area contributed by atoms with Gasteiger partial charge >= 0.3 is 6.18 Å². The van der Waals surface area contributed by atoms with Crippen LogP contribution in [0.25, 0.3) is 16.6 Å². The summed E-state index contributed by atoms with van der Waals surface area (Å²) in [4.78, 5) is 25.9. The van der Waals surface area contributed by atoms with Gasteiger partial charge in [-0.05, 0) is 23.8 Å². The van der Waals surface area contributed by atoms with Crippen LogP contribution in [-0.4, -0.2) is 43.6 Å². The number of carbonyl (C=O) groups excluding carboxylic acids is 1. The van der Waals surface area contributed by atoms with Crippen LogP contribution in [0.3, 0.4) is 0 Å². The van der Waals surface area contributed by atoms with Crippen molar-refractivity contribution in [3.05, 3.63) is 64.8 Å². The molecule has 13 heteroatoms. The minimum absolute atomic E-state index is 0.188. The molecule has 1 amide bonds. The van der Waals surface area contributed by atoms with Crippen molar-refractivity contribution in [3.63, 3.8) is 0 Å². The number of rotatable bonds is 4. The highest BCUT2D eigenvalue weighted by atomic mass is 35.5. The smallest absolute Gasteiger partial charge is 0.382 e. The number of aromatic nitrogens is 4. The monoisotopic (exact) mass is 484 g/mol. The maximum Gasteiger partial charge on any atom is 0.416 e. The van der Waals surface area contributed by atoms with Crippen LogP contribution < -0.4 is 5.73 Å². The zero-order valence-electron chi connectivity index (χ0n) is 16.7. The molecule has 2 N–H and O–H groups in total. The number of pyridine rings is 1. The lowest BCUT2D eigenvalue weighted by atomic mass is 10.0. The number of fused-ring (bicyclic) bond motifs is 3. The third-order valence-electron chi connectivity index (χ3n) is 5.10. The van der Waals surface area contributed by atoms with E-state index >= 15 is 0 Å². The molecule has 0 aliphatic rings. The number of halogens is 6. The Morgan fingerprint density at radius 1 is 1.18 bits per heavy atom. The van der Waals surface area contributed by atoms with Gasteiger partial charge in [0, 0.05) is 12.1 Å². The molecular weight excluding hydrogens is 471 g/mol. The SMILES string of the molecule is CN(C(=O)c1cc2c(cn1)nc(N)c1cncn12)[C@@H](c1ccc(C(F)(F)F)cc1Cl)C(F)F. The summed E-state index contributed by atoms with van der Waals surface area (Å²) in [6, 6.07) is 1.44. The Morgan fingerprint density at radius 3 is 2.55 bits per heavy atom. The largest absolute Gasteiger partial charge is 0.416 e. The summed E-state index contributed by atoms with van der Waals surface area (Å²) in [6.45, 7) is 0. The van der Waals surface area contributed by atoms with E-state index in [1.54, 1.807) is 4.40 Å². The summed E-state index contributed by atoms with van der Waals surface area (Å²) in [7, 11) is 1.09. The van der Waals surface area contributed by atoms with Crippen molar-refractivity contribution in [1.82, 2.24) is 24.3 Å². The number of benzene rings is 1. The number of imidazole rings is 1. The standard InChI is InChI=1S/C20H14ClF5N6O/c1-31(16(17(22)23)10-3-2-9(4-11(10)21)20(24,25)26)19(33)12-5-14-13(6-29-12)30-18(27)15-7-28-8-32(14)15/h2-8,16-17H,1H3,(H2,27,30)/t16-/m0/s1.